The molecule has 28 heavy (non-hydrogen) atoms. The minimum atomic E-state index is -0.412. The van der Waals surface area contributed by atoms with E-state index in [9.17, 15) is 14.4 Å². The zero-order valence-corrected chi connectivity index (χ0v) is 17.2. The lowest BCUT2D eigenvalue weighted by Gasteiger charge is -2.35. The van der Waals surface area contributed by atoms with E-state index in [1.54, 1.807) is 13.8 Å². The Labute approximate surface area is 166 Å². The second-order valence-electron chi connectivity index (χ2n) is 7.29. The SMILES string of the molecule is CCOC(=O)[C@H]1CCCN([C@H](C)C(=O)NCC(=O)Nc2c(C)cccc2C)C1. The lowest BCUT2D eigenvalue weighted by molar-refractivity contribution is -0.151. The van der Waals surface area contributed by atoms with Crippen molar-refractivity contribution in [1.82, 2.24) is 10.2 Å². The number of nitrogens with zero attached hydrogens (tertiary/aromatic N) is 1. The van der Waals surface area contributed by atoms with Crippen molar-refractivity contribution in [2.45, 2.75) is 46.6 Å². The number of rotatable bonds is 7. The van der Waals surface area contributed by atoms with Crippen molar-refractivity contribution in [1.29, 1.82) is 0 Å². The standard InChI is InChI=1S/C21H31N3O4/c1-5-28-21(27)17-10-7-11-24(13-17)16(4)20(26)22-12-18(25)23-19-14(2)8-6-9-15(19)3/h6,8-9,16-17H,5,7,10-13H2,1-4H3,(H,22,26)(H,23,25)/t16-,17+/m1/s1. The van der Waals surface area contributed by atoms with Gasteiger partial charge in [-0.05, 0) is 58.2 Å². The highest BCUT2D eigenvalue weighted by molar-refractivity contribution is 5.96. The van der Waals surface area contributed by atoms with Gasteiger partial charge in [0.2, 0.25) is 11.8 Å². The average Bonchev–Trinajstić information content (AvgIpc) is 2.68. The van der Waals surface area contributed by atoms with E-state index in [2.05, 4.69) is 10.6 Å². The van der Waals surface area contributed by atoms with E-state index < -0.39 is 6.04 Å². The first-order valence-corrected chi connectivity index (χ1v) is 9.88. The summed E-state index contributed by atoms with van der Waals surface area (Å²) in [5.74, 6) is -0.883. The molecule has 2 N–H and O–H groups in total. The number of nitrogens with one attached hydrogen (secondary N) is 2. The number of piperidine rings is 1. The Balaban J connectivity index is 1.85. The minimum absolute atomic E-state index is 0.0912. The molecule has 1 fully saturated rings. The molecule has 2 amide bonds. The van der Waals surface area contributed by atoms with E-state index >= 15 is 0 Å². The van der Waals surface area contributed by atoms with E-state index in [0.717, 1.165) is 36.2 Å². The minimum Gasteiger partial charge on any atom is -0.466 e. The van der Waals surface area contributed by atoms with E-state index in [1.165, 1.54) is 0 Å². The summed E-state index contributed by atoms with van der Waals surface area (Å²) < 4.78 is 5.11. The van der Waals surface area contributed by atoms with Crippen LogP contribution in [0.15, 0.2) is 18.2 Å². The number of aryl methyl sites for hydroxylation is 2. The van der Waals surface area contributed by atoms with Gasteiger partial charge < -0.3 is 15.4 Å². The van der Waals surface area contributed by atoms with E-state index in [0.29, 0.717) is 13.2 Å². The summed E-state index contributed by atoms with van der Waals surface area (Å²) in [6.45, 7) is 8.97. The third-order valence-corrected chi connectivity index (χ3v) is 5.17. The summed E-state index contributed by atoms with van der Waals surface area (Å²) in [5.41, 5.74) is 2.74. The van der Waals surface area contributed by atoms with Crippen molar-refractivity contribution in [3.63, 3.8) is 0 Å². The Hall–Kier alpha value is -2.41. The first kappa shape index (κ1) is 21.9. The maximum atomic E-state index is 12.5. The second-order valence-corrected chi connectivity index (χ2v) is 7.29. The molecule has 1 saturated heterocycles. The van der Waals surface area contributed by atoms with Crippen LogP contribution in [0, 0.1) is 19.8 Å². The Morgan fingerprint density at radius 3 is 2.57 bits per heavy atom. The van der Waals surface area contributed by atoms with Crippen molar-refractivity contribution >= 4 is 23.5 Å². The lowest BCUT2D eigenvalue weighted by Crippen LogP contribution is -2.51. The van der Waals surface area contributed by atoms with Crippen LogP contribution >= 0.6 is 0 Å². The molecule has 0 spiro atoms. The highest BCUT2D eigenvalue weighted by atomic mass is 16.5. The van der Waals surface area contributed by atoms with Gasteiger partial charge in [-0.1, -0.05) is 18.2 Å². The molecule has 7 nitrogen and oxygen atoms in total. The Morgan fingerprint density at radius 1 is 1.25 bits per heavy atom. The predicted molar refractivity (Wildman–Crippen MR) is 108 cm³/mol. The molecule has 1 aliphatic rings. The van der Waals surface area contributed by atoms with Crippen LogP contribution in [0.5, 0.6) is 0 Å². The van der Waals surface area contributed by atoms with E-state index in [4.69, 9.17) is 4.74 Å². The molecule has 1 heterocycles. The van der Waals surface area contributed by atoms with Gasteiger partial charge in [0, 0.05) is 12.2 Å². The molecule has 1 aliphatic heterocycles. The molecule has 1 aromatic carbocycles. The smallest absolute Gasteiger partial charge is 0.310 e. The fraction of sp³-hybridized carbons (Fsp3) is 0.571. The number of para-hydroxylation sites is 1. The number of ether oxygens (including phenoxy) is 1. The van der Waals surface area contributed by atoms with Gasteiger partial charge in [-0.2, -0.15) is 0 Å². The van der Waals surface area contributed by atoms with Crippen molar-refractivity contribution in [2.75, 3.05) is 31.6 Å². The fourth-order valence-corrected chi connectivity index (χ4v) is 3.49. The number of carbonyl (C=O) groups excluding carboxylic acids is 3. The van der Waals surface area contributed by atoms with Crippen LogP contribution in [0.25, 0.3) is 0 Å². The molecule has 2 rings (SSSR count). The quantitative estimate of drug-likeness (QED) is 0.697. The average molecular weight is 389 g/mol. The van der Waals surface area contributed by atoms with Crippen LogP contribution in [-0.4, -0.2) is 55.0 Å². The van der Waals surface area contributed by atoms with Crippen LogP contribution in [-0.2, 0) is 19.1 Å². The molecule has 2 atom stereocenters. The summed E-state index contributed by atoms with van der Waals surface area (Å²) in [6, 6.07) is 5.38. The maximum Gasteiger partial charge on any atom is 0.310 e. The molecule has 154 valence electrons. The summed E-state index contributed by atoms with van der Waals surface area (Å²) >= 11 is 0. The molecule has 0 saturated carbocycles. The first-order chi connectivity index (χ1) is 13.3. The number of anilines is 1. The van der Waals surface area contributed by atoms with Crippen molar-refractivity contribution in [3.8, 4) is 0 Å². The normalized spacial score (nSPS) is 18.2. The second kappa shape index (κ2) is 10.2. The van der Waals surface area contributed by atoms with Crippen LogP contribution < -0.4 is 10.6 Å². The third-order valence-electron chi connectivity index (χ3n) is 5.17. The Kier molecular flexibility index (Phi) is 7.99. The number of amides is 2. The highest BCUT2D eigenvalue weighted by Crippen LogP contribution is 2.20. The van der Waals surface area contributed by atoms with Gasteiger partial charge in [-0.3, -0.25) is 19.3 Å². The predicted octanol–water partition coefficient (Wildman–Crippen LogP) is 2.02. The van der Waals surface area contributed by atoms with Crippen molar-refractivity contribution in [3.05, 3.63) is 29.3 Å². The van der Waals surface area contributed by atoms with Gasteiger partial charge in [-0.15, -0.1) is 0 Å². The Morgan fingerprint density at radius 2 is 1.93 bits per heavy atom. The van der Waals surface area contributed by atoms with E-state index in [-0.39, 0.29) is 30.2 Å². The molecule has 1 aromatic rings. The number of likely N-dealkylation sites (tertiary alicyclic amines) is 1. The maximum absolute atomic E-state index is 12.5. The van der Waals surface area contributed by atoms with Gasteiger partial charge >= 0.3 is 5.97 Å². The van der Waals surface area contributed by atoms with Crippen LogP contribution in [0.1, 0.15) is 37.8 Å². The van der Waals surface area contributed by atoms with Gasteiger partial charge in [0.15, 0.2) is 0 Å². The molecule has 0 aromatic heterocycles. The molecule has 0 aliphatic carbocycles. The van der Waals surface area contributed by atoms with Gasteiger partial charge in [0.1, 0.15) is 0 Å². The lowest BCUT2D eigenvalue weighted by atomic mass is 9.97. The van der Waals surface area contributed by atoms with Crippen molar-refractivity contribution in [2.24, 2.45) is 5.92 Å². The number of benzene rings is 1. The molecular formula is C21H31N3O4. The number of carbonyl (C=O) groups is 3. The van der Waals surface area contributed by atoms with Gasteiger partial charge in [-0.25, -0.2) is 0 Å². The molecule has 0 radical (unpaired) electrons. The van der Waals surface area contributed by atoms with Gasteiger partial charge in [0.25, 0.3) is 0 Å². The van der Waals surface area contributed by atoms with Crippen LogP contribution in [0.2, 0.25) is 0 Å². The zero-order chi connectivity index (χ0) is 20.7. The summed E-state index contributed by atoms with van der Waals surface area (Å²) in [5, 5.41) is 5.56. The summed E-state index contributed by atoms with van der Waals surface area (Å²) in [7, 11) is 0. The van der Waals surface area contributed by atoms with Crippen molar-refractivity contribution < 1.29 is 19.1 Å². The zero-order valence-electron chi connectivity index (χ0n) is 17.2. The number of hydrogen-bond acceptors (Lipinski definition) is 5. The molecule has 0 bridgehead atoms. The monoisotopic (exact) mass is 389 g/mol. The topological polar surface area (TPSA) is 87.7 Å². The van der Waals surface area contributed by atoms with Crippen LogP contribution in [0.3, 0.4) is 0 Å². The molecule has 0 unspecified atom stereocenters. The van der Waals surface area contributed by atoms with Gasteiger partial charge in [0.05, 0.1) is 25.1 Å². The highest BCUT2D eigenvalue weighted by Gasteiger charge is 2.31. The van der Waals surface area contributed by atoms with Crippen LogP contribution in [0.4, 0.5) is 5.69 Å². The molecule has 7 heteroatoms. The third kappa shape index (κ3) is 5.79. The number of hydrogen-bond donors (Lipinski definition) is 2. The summed E-state index contributed by atoms with van der Waals surface area (Å²) in [6.07, 6.45) is 1.62. The fourth-order valence-electron chi connectivity index (χ4n) is 3.49. The van der Waals surface area contributed by atoms with E-state index in [1.807, 2.05) is 36.9 Å². The molecular weight excluding hydrogens is 358 g/mol. The largest absolute Gasteiger partial charge is 0.466 e. The summed E-state index contributed by atoms with van der Waals surface area (Å²) in [4.78, 5) is 38.7. The number of esters is 1. The Bertz CT molecular complexity index is 699. The first-order valence-electron chi connectivity index (χ1n) is 9.88.